The Morgan fingerprint density at radius 1 is 1.14 bits per heavy atom. The van der Waals surface area contributed by atoms with Crippen LogP contribution in [-0.4, -0.2) is 19.3 Å². The number of anilines is 1. The zero-order valence-corrected chi connectivity index (χ0v) is 12.3. The third-order valence-electron chi connectivity index (χ3n) is 2.55. The number of carbonyl (C=O) groups is 1. The summed E-state index contributed by atoms with van der Waals surface area (Å²) >= 11 is 0. The third-order valence-corrected chi connectivity index (χ3v) is 3.81. The smallest absolute Gasteiger partial charge is 0.339 e. The minimum absolute atomic E-state index is 0.00261. The molecule has 7 heteroatoms. The Morgan fingerprint density at radius 2 is 1.81 bits per heavy atom. The number of nitrogens with zero attached hydrogens (tertiary/aromatic N) is 1. The zero-order chi connectivity index (χ0) is 15.5. The van der Waals surface area contributed by atoms with Gasteiger partial charge in [0.25, 0.3) is 0 Å². The van der Waals surface area contributed by atoms with Crippen LogP contribution < -0.4 is 9.50 Å². The van der Waals surface area contributed by atoms with E-state index in [4.69, 9.17) is 4.18 Å². The average molecular weight is 306 g/mol. The van der Waals surface area contributed by atoms with Crippen molar-refractivity contribution in [1.29, 1.82) is 0 Å². The van der Waals surface area contributed by atoms with E-state index in [0.717, 1.165) is 5.69 Å². The van der Waals surface area contributed by atoms with Gasteiger partial charge in [-0.25, -0.2) is 0 Å². The van der Waals surface area contributed by atoms with E-state index in [0.29, 0.717) is 5.69 Å². The van der Waals surface area contributed by atoms with Crippen LogP contribution in [0.3, 0.4) is 0 Å². The number of hydrogen-bond donors (Lipinski definition) is 1. The quantitative estimate of drug-likeness (QED) is 0.874. The number of aromatic nitrogens is 1. The van der Waals surface area contributed by atoms with E-state index in [1.807, 2.05) is 0 Å². The molecule has 6 nitrogen and oxygen atoms in total. The highest BCUT2D eigenvalue weighted by molar-refractivity contribution is 7.87. The van der Waals surface area contributed by atoms with Crippen LogP contribution in [0.2, 0.25) is 0 Å². The minimum atomic E-state index is -3.92. The maximum absolute atomic E-state index is 12.1. The van der Waals surface area contributed by atoms with Crippen molar-refractivity contribution in [3.8, 4) is 5.75 Å². The van der Waals surface area contributed by atoms with Gasteiger partial charge in [0.1, 0.15) is 4.90 Å². The molecule has 1 amide bonds. The number of hydrogen-bond acceptors (Lipinski definition) is 5. The summed E-state index contributed by atoms with van der Waals surface area (Å²) in [6.07, 6.45) is 1.35. The summed E-state index contributed by atoms with van der Waals surface area (Å²) < 4.78 is 29.2. The normalized spacial score (nSPS) is 11.0. The van der Waals surface area contributed by atoms with Crippen molar-refractivity contribution in [2.75, 3.05) is 5.32 Å². The Bertz CT molecular complexity index is 738. The van der Waals surface area contributed by atoms with Gasteiger partial charge in [-0.15, -0.1) is 0 Å². The molecule has 2 aromatic rings. The molecule has 2 rings (SSSR count). The van der Waals surface area contributed by atoms with Gasteiger partial charge >= 0.3 is 10.1 Å². The molecule has 0 atom stereocenters. The van der Waals surface area contributed by atoms with Crippen molar-refractivity contribution in [3.63, 3.8) is 0 Å². The van der Waals surface area contributed by atoms with Gasteiger partial charge in [-0.1, -0.05) is 0 Å². The lowest BCUT2D eigenvalue weighted by Crippen LogP contribution is -2.10. The summed E-state index contributed by atoms with van der Waals surface area (Å²) in [7, 11) is -3.92. The highest BCUT2D eigenvalue weighted by atomic mass is 32.2. The summed E-state index contributed by atoms with van der Waals surface area (Å²) in [5, 5.41) is 2.55. The van der Waals surface area contributed by atoms with Gasteiger partial charge in [0.2, 0.25) is 5.91 Å². The number of benzene rings is 1. The van der Waals surface area contributed by atoms with Crippen LogP contribution in [0.4, 0.5) is 5.69 Å². The molecule has 0 saturated carbocycles. The van der Waals surface area contributed by atoms with Crippen LogP contribution in [0.25, 0.3) is 0 Å². The van der Waals surface area contributed by atoms with Gasteiger partial charge in [-0.2, -0.15) is 8.42 Å². The van der Waals surface area contributed by atoms with E-state index in [1.165, 1.54) is 43.5 Å². The fourth-order valence-electron chi connectivity index (χ4n) is 1.59. The largest absolute Gasteiger partial charge is 0.377 e. The van der Waals surface area contributed by atoms with Gasteiger partial charge in [-0.3, -0.25) is 9.78 Å². The second-order valence-electron chi connectivity index (χ2n) is 4.38. The number of rotatable bonds is 4. The Hall–Kier alpha value is -2.41. The molecular weight excluding hydrogens is 292 g/mol. The Balaban J connectivity index is 2.19. The van der Waals surface area contributed by atoms with E-state index >= 15 is 0 Å². The maximum Gasteiger partial charge on any atom is 0.339 e. The van der Waals surface area contributed by atoms with E-state index in [9.17, 15) is 13.2 Å². The van der Waals surface area contributed by atoms with Gasteiger partial charge in [0, 0.05) is 18.3 Å². The Labute approximate surface area is 122 Å². The molecular formula is C14H14N2O4S. The van der Waals surface area contributed by atoms with Crippen LogP contribution in [0, 0.1) is 6.92 Å². The number of amides is 1. The Morgan fingerprint density at radius 3 is 2.33 bits per heavy atom. The van der Waals surface area contributed by atoms with Crippen LogP contribution in [-0.2, 0) is 14.9 Å². The number of nitrogens with one attached hydrogen (secondary N) is 1. The van der Waals surface area contributed by atoms with Gasteiger partial charge in [0.15, 0.2) is 5.75 Å². The van der Waals surface area contributed by atoms with Crippen LogP contribution >= 0.6 is 0 Å². The number of pyridine rings is 1. The monoisotopic (exact) mass is 306 g/mol. The predicted octanol–water partition coefficient (Wildman–Crippen LogP) is 2.12. The molecule has 0 saturated heterocycles. The molecule has 0 aliphatic rings. The summed E-state index contributed by atoms with van der Waals surface area (Å²) in [5.74, 6) is -0.0841. The lowest BCUT2D eigenvalue weighted by Gasteiger charge is -2.08. The molecule has 0 spiro atoms. The van der Waals surface area contributed by atoms with Crippen molar-refractivity contribution in [2.45, 2.75) is 18.7 Å². The predicted molar refractivity (Wildman–Crippen MR) is 77.5 cm³/mol. The van der Waals surface area contributed by atoms with Crippen molar-refractivity contribution >= 4 is 21.7 Å². The van der Waals surface area contributed by atoms with E-state index in [-0.39, 0.29) is 16.6 Å². The molecule has 0 bridgehead atoms. The van der Waals surface area contributed by atoms with E-state index in [1.54, 1.807) is 13.0 Å². The number of aryl methyl sites for hydroxylation is 1. The topological polar surface area (TPSA) is 85.4 Å². The van der Waals surface area contributed by atoms with Crippen molar-refractivity contribution < 1.29 is 17.4 Å². The first-order valence-corrected chi connectivity index (χ1v) is 7.52. The molecule has 0 radical (unpaired) electrons. The van der Waals surface area contributed by atoms with Gasteiger partial charge in [0.05, 0.1) is 6.20 Å². The molecule has 0 aliphatic heterocycles. The SMILES string of the molecule is CC(=O)Nc1ccc(S(=O)(=O)Oc2ccc(C)nc2)cc1. The van der Waals surface area contributed by atoms with Crippen LogP contribution in [0.15, 0.2) is 47.5 Å². The standard InChI is InChI=1S/C14H14N2O4S/c1-10-3-6-13(9-15-10)20-21(18,19)14-7-4-12(5-8-14)16-11(2)17/h3-9H,1-2H3,(H,16,17). The van der Waals surface area contributed by atoms with Crippen molar-refractivity contribution in [2.24, 2.45) is 0 Å². The summed E-state index contributed by atoms with van der Waals surface area (Å²) in [6, 6.07) is 8.90. The fraction of sp³-hybridized carbons (Fsp3) is 0.143. The average Bonchev–Trinajstić information content (AvgIpc) is 2.41. The van der Waals surface area contributed by atoms with E-state index in [2.05, 4.69) is 10.3 Å². The van der Waals surface area contributed by atoms with Gasteiger partial charge in [-0.05, 0) is 43.3 Å². The molecule has 0 aliphatic carbocycles. The van der Waals surface area contributed by atoms with Gasteiger partial charge < -0.3 is 9.50 Å². The first kappa shape index (κ1) is 15.0. The molecule has 0 unspecified atom stereocenters. The lowest BCUT2D eigenvalue weighted by atomic mass is 10.3. The number of carbonyl (C=O) groups excluding carboxylic acids is 1. The fourth-order valence-corrected chi connectivity index (χ4v) is 2.50. The first-order valence-electron chi connectivity index (χ1n) is 6.11. The lowest BCUT2D eigenvalue weighted by molar-refractivity contribution is -0.114. The maximum atomic E-state index is 12.1. The van der Waals surface area contributed by atoms with Crippen molar-refractivity contribution in [3.05, 3.63) is 48.3 Å². The molecule has 110 valence electrons. The second kappa shape index (κ2) is 5.92. The van der Waals surface area contributed by atoms with Crippen LogP contribution in [0.1, 0.15) is 12.6 Å². The third kappa shape index (κ3) is 4.03. The summed E-state index contributed by atoms with van der Waals surface area (Å²) in [4.78, 5) is 14.9. The molecule has 1 heterocycles. The highest BCUT2D eigenvalue weighted by Gasteiger charge is 2.16. The van der Waals surface area contributed by atoms with Crippen molar-refractivity contribution in [1.82, 2.24) is 4.98 Å². The van der Waals surface area contributed by atoms with Crippen LogP contribution in [0.5, 0.6) is 5.75 Å². The Kier molecular flexibility index (Phi) is 4.23. The summed E-state index contributed by atoms with van der Waals surface area (Å²) in [6.45, 7) is 3.16. The minimum Gasteiger partial charge on any atom is -0.377 e. The molecule has 1 aromatic heterocycles. The first-order chi connectivity index (χ1) is 9.87. The molecule has 1 N–H and O–H groups in total. The van der Waals surface area contributed by atoms with E-state index < -0.39 is 10.1 Å². The zero-order valence-electron chi connectivity index (χ0n) is 11.5. The molecule has 21 heavy (non-hydrogen) atoms. The summed E-state index contributed by atoms with van der Waals surface area (Å²) in [5.41, 5.74) is 1.28. The molecule has 1 aromatic carbocycles. The molecule has 0 fully saturated rings. The second-order valence-corrected chi connectivity index (χ2v) is 5.92. The highest BCUT2D eigenvalue weighted by Crippen LogP contribution is 2.19.